The average Bonchev–Trinajstić information content (AvgIpc) is 3.49. The van der Waals surface area contributed by atoms with Crippen molar-refractivity contribution in [2.45, 2.75) is 50.7 Å². The van der Waals surface area contributed by atoms with Crippen LogP contribution in [0.4, 0.5) is 18.4 Å². The summed E-state index contributed by atoms with van der Waals surface area (Å²) in [6.07, 6.45) is 0.445. The molecule has 418 valence electrons. The molecular weight excluding hydrogens is 1070 g/mol. The summed E-state index contributed by atoms with van der Waals surface area (Å²) >= 11 is 0. The molecule has 28 nitrogen and oxygen atoms in total. The molecule has 0 spiro atoms. The molecule has 0 bridgehead atoms. The van der Waals surface area contributed by atoms with Gasteiger partial charge in [0.1, 0.15) is 41.3 Å². The lowest BCUT2D eigenvalue weighted by Crippen LogP contribution is -2.60. The van der Waals surface area contributed by atoms with Crippen LogP contribution < -0.4 is 35.3 Å². The van der Waals surface area contributed by atoms with Crippen LogP contribution in [0.5, 0.6) is 28.7 Å². The minimum absolute atomic E-state index is 0.0168. The van der Waals surface area contributed by atoms with Gasteiger partial charge in [0.2, 0.25) is 11.8 Å². The number of ether oxygens (including phenoxy) is 1. The summed E-state index contributed by atoms with van der Waals surface area (Å²) in [5.41, 5.74) is -1.50. The van der Waals surface area contributed by atoms with Crippen molar-refractivity contribution in [1.29, 1.82) is 0 Å². The molecule has 5 heterocycles. The van der Waals surface area contributed by atoms with Gasteiger partial charge in [0.15, 0.2) is 23.4 Å². The van der Waals surface area contributed by atoms with E-state index in [1.54, 1.807) is 6.92 Å². The van der Waals surface area contributed by atoms with Crippen LogP contribution in [0.2, 0.25) is 0 Å². The molecule has 4 aromatic rings. The standard InChI is InChI=1S/C48H47B2F2N9O19/c1-3-58-11-13-60(43(68)41(58)66)47(74)56-34(39(64)54-30-19-23-7-9-27(51)31(46(72)73)37(23)80-50(30)77)25-8-10-28(63)38(32(25)52)78-16-15-59-12-14-61(44(69)42(59)67)48(75)57-35(33-21(2)17-24(62)20-53-33)40(65)55-29-18-22-5-4-6-26(45(70)71)36(22)79-49(29)76/h4-10,17,20,29-30,34-35,62-63,76-77H,3,11-16,18-19H2,1-2H3,(H,54,64)(H,55,65)(H,56,74)(H,57,75)(H,70,71)(H,72,73)/t29-,30-,34?,35?/m0/s1. The number of amides is 10. The van der Waals surface area contributed by atoms with Crippen molar-refractivity contribution in [3.63, 3.8) is 0 Å². The first-order valence-corrected chi connectivity index (χ1v) is 24.3. The number of nitrogens with one attached hydrogen (secondary N) is 4. The van der Waals surface area contributed by atoms with Crippen molar-refractivity contribution in [2.75, 3.05) is 45.9 Å². The summed E-state index contributed by atoms with van der Waals surface area (Å²) in [5.74, 6) is -18.6. The predicted molar refractivity (Wildman–Crippen MR) is 264 cm³/mol. The van der Waals surface area contributed by atoms with E-state index in [9.17, 15) is 82.8 Å². The maximum absolute atomic E-state index is 16.7. The first kappa shape index (κ1) is 56.6. The van der Waals surface area contributed by atoms with E-state index < -0.39 is 164 Å². The van der Waals surface area contributed by atoms with Crippen molar-refractivity contribution in [2.24, 2.45) is 0 Å². The molecule has 0 saturated carbocycles. The van der Waals surface area contributed by atoms with Gasteiger partial charge in [0.05, 0.1) is 35.9 Å². The normalized spacial score (nSPS) is 17.8. The number of urea groups is 2. The summed E-state index contributed by atoms with van der Waals surface area (Å²) in [6.45, 7) is 0.626. The van der Waals surface area contributed by atoms with Crippen LogP contribution in [0.3, 0.4) is 0 Å². The Morgan fingerprint density at radius 2 is 1.32 bits per heavy atom. The van der Waals surface area contributed by atoms with Crippen LogP contribution in [0, 0.1) is 18.6 Å². The Kier molecular flexibility index (Phi) is 16.4. The fourth-order valence-electron chi connectivity index (χ4n) is 9.26. The summed E-state index contributed by atoms with van der Waals surface area (Å²) in [7, 11) is -3.83. The van der Waals surface area contributed by atoms with E-state index in [4.69, 9.17) is 14.0 Å². The molecule has 0 radical (unpaired) electrons. The molecule has 3 aromatic carbocycles. The largest absolute Gasteiger partial charge is 0.547 e. The SMILES string of the molecule is CCN1CCN(C(=O)NC(C(=O)N[C@H]2Cc3ccc(F)c(C(=O)O)c3OB2O)c2ccc(O)c(OCCN3CCN(C(=O)NC(C(=O)N[C@H]4Cc5cccc(C(=O)O)c5OB4O)c4ncc(O)cc4C)C(=O)C3=O)c2F)C(=O)C1=O. The Bertz CT molecular complexity index is 3270. The van der Waals surface area contributed by atoms with Crippen LogP contribution in [-0.4, -0.2) is 186 Å². The lowest BCUT2D eigenvalue weighted by molar-refractivity contribution is -0.154. The van der Waals surface area contributed by atoms with Gasteiger partial charge < -0.3 is 75.6 Å². The summed E-state index contributed by atoms with van der Waals surface area (Å²) < 4.78 is 47.4. The number of pyridine rings is 1. The third-order valence-corrected chi connectivity index (χ3v) is 13.4. The van der Waals surface area contributed by atoms with E-state index in [1.165, 1.54) is 31.2 Å². The number of nitrogens with zero attached hydrogens (tertiary/aromatic N) is 5. The number of carboxylic acids is 2. The number of carbonyl (C=O) groups is 10. The predicted octanol–water partition coefficient (Wildman–Crippen LogP) is -1.30. The van der Waals surface area contributed by atoms with Gasteiger partial charge in [0.25, 0.3) is 0 Å². The zero-order valence-electron chi connectivity index (χ0n) is 42.0. The van der Waals surface area contributed by atoms with E-state index in [-0.39, 0.29) is 66.5 Å². The number of phenols is 1. The highest BCUT2D eigenvalue weighted by Gasteiger charge is 2.45. The second-order valence-corrected chi connectivity index (χ2v) is 18.4. The molecule has 0 aliphatic carbocycles. The van der Waals surface area contributed by atoms with Crippen LogP contribution in [0.15, 0.2) is 54.7 Å². The van der Waals surface area contributed by atoms with Crippen LogP contribution in [0.1, 0.15) is 67.7 Å². The number of imide groups is 2. The highest BCUT2D eigenvalue weighted by atomic mass is 19.1. The smallest absolute Gasteiger partial charge is 0.534 e. The highest BCUT2D eigenvalue weighted by Crippen LogP contribution is 2.36. The molecular formula is C48H47B2F2N9O19. The number of carboxylic acid groups (broad SMARTS) is 2. The van der Waals surface area contributed by atoms with Gasteiger partial charge >= 0.3 is 61.9 Å². The molecule has 80 heavy (non-hydrogen) atoms. The number of aromatic nitrogens is 1. The molecule has 8 rings (SSSR count). The Morgan fingerprint density at radius 1 is 0.750 bits per heavy atom. The minimum Gasteiger partial charge on any atom is -0.534 e. The molecule has 2 fully saturated rings. The number of fused-ring (bicyclic) bond motifs is 2. The van der Waals surface area contributed by atoms with Gasteiger partial charge in [-0.15, -0.1) is 0 Å². The number of para-hydroxylation sites is 1. The fourth-order valence-corrected chi connectivity index (χ4v) is 9.26. The number of carbonyl (C=O) groups excluding carboxylic acids is 8. The molecule has 4 atom stereocenters. The van der Waals surface area contributed by atoms with Gasteiger partial charge in [-0.25, -0.2) is 28.0 Å². The number of hydrogen-bond donors (Lipinski definition) is 10. The number of benzene rings is 3. The molecule has 10 amide bonds. The van der Waals surface area contributed by atoms with Crippen LogP contribution in [0.25, 0.3) is 0 Å². The lowest BCUT2D eigenvalue weighted by atomic mass is 9.72. The van der Waals surface area contributed by atoms with E-state index in [0.717, 1.165) is 40.3 Å². The molecule has 32 heteroatoms. The number of piperazine rings is 2. The number of aryl methyl sites for hydroxylation is 1. The van der Waals surface area contributed by atoms with Gasteiger partial charge in [-0.3, -0.25) is 43.6 Å². The number of likely N-dealkylation sites (N-methyl/N-ethyl adjacent to an activating group) is 1. The molecule has 4 aliphatic rings. The molecule has 2 unspecified atom stereocenters. The van der Waals surface area contributed by atoms with Crippen LogP contribution >= 0.6 is 0 Å². The summed E-state index contributed by atoms with van der Waals surface area (Å²) in [4.78, 5) is 139. The quantitative estimate of drug-likeness (QED) is 0.0488. The van der Waals surface area contributed by atoms with Gasteiger partial charge in [-0.2, -0.15) is 0 Å². The average molecular weight is 1110 g/mol. The topological polar surface area (TPSA) is 394 Å². The number of halogens is 2. The summed E-state index contributed by atoms with van der Waals surface area (Å²) in [5, 5.41) is 71.1. The van der Waals surface area contributed by atoms with Crippen molar-refractivity contribution >= 4 is 73.7 Å². The van der Waals surface area contributed by atoms with E-state index in [0.29, 0.717) is 15.4 Å². The maximum Gasteiger partial charge on any atom is 0.547 e. The molecule has 10 N–H and O–H groups in total. The first-order chi connectivity index (χ1) is 38.0. The monoisotopic (exact) mass is 1110 g/mol. The van der Waals surface area contributed by atoms with Gasteiger partial charge in [0, 0.05) is 38.3 Å². The van der Waals surface area contributed by atoms with Crippen molar-refractivity contribution in [1.82, 2.24) is 45.9 Å². The first-order valence-electron chi connectivity index (χ1n) is 24.3. The van der Waals surface area contributed by atoms with Crippen molar-refractivity contribution in [3.8, 4) is 28.7 Å². The highest BCUT2D eigenvalue weighted by molar-refractivity contribution is 6.47. The van der Waals surface area contributed by atoms with E-state index >= 15 is 4.39 Å². The second-order valence-electron chi connectivity index (χ2n) is 18.4. The van der Waals surface area contributed by atoms with E-state index in [1.807, 2.05) is 0 Å². The number of aromatic hydroxyl groups is 2. The zero-order valence-corrected chi connectivity index (χ0v) is 42.0. The van der Waals surface area contributed by atoms with Gasteiger partial charge in [-0.05, 0) is 73.7 Å². The second kappa shape index (κ2) is 23.2. The zero-order chi connectivity index (χ0) is 58.0. The van der Waals surface area contributed by atoms with Crippen molar-refractivity contribution in [3.05, 3.63) is 105 Å². The summed E-state index contributed by atoms with van der Waals surface area (Å²) in [6, 6.07) is 2.52. The molecule has 2 saturated heterocycles. The number of rotatable bonds is 15. The van der Waals surface area contributed by atoms with Crippen LogP contribution in [-0.2, 0) is 41.6 Å². The Morgan fingerprint density at radius 3 is 1.93 bits per heavy atom. The maximum atomic E-state index is 16.7. The Balaban J connectivity index is 0.955. The molecule has 1 aromatic heterocycles. The number of hydrogen-bond acceptors (Lipinski definition) is 18. The lowest BCUT2D eigenvalue weighted by Gasteiger charge is -2.34. The minimum atomic E-state index is -2.17. The third kappa shape index (κ3) is 11.4. The third-order valence-electron chi connectivity index (χ3n) is 13.4. The van der Waals surface area contributed by atoms with E-state index in [2.05, 4.69) is 26.3 Å². The number of phenolic OH excluding ortho intramolecular Hbond substituents is 1. The number of aromatic carboxylic acids is 2. The van der Waals surface area contributed by atoms with Gasteiger partial charge in [-0.1, -0.05) is 18.2 Å². The molecule has 4 aliphatic heterocycles. The van der Waals surface area contributed by atoms with Crippen molar-refractivity contribution < 1.29 is 101 Å². The Hall–Kier alpha value is -9.58. The fraction of sp³-hybridized carbons (Fsp3) is 0.312. The Labute approximate surface area is 450 Å².